The summed E-state index contributed by atoms with van der Waals surface area (Å²) in [5.41, 5.74) is 0.466. The number of hydrogen-bond acceptors (Lipinski definition) is 1. The third-order valence-electron chi connectivity index (χ3n) is 3.99. The molecule has 1 saturated heterocycles. The van der Waals surface area contributed by atoms with Crippen molar-refractivity contribution in [3.63, 3.8) is 0 Å². The van der Waals surface area contributed by atoms with Crippen LogP contribution in [0, 0.1) is 23.2 Å². The second-order valence-corrected chi connectivity index (χ2v) is 4.90. The minimum Gasteiger partial charge on any atom is -0.340 e. The van der Waals surface area contributed by atoms with E-state index in [-0.39, 0.29) is 19.5 Å². The van der Waals surface area contributed by atoms with Gasteiger partial charge in [0.1, 0.15) is 0 Å². The first-order valence-corrected chi connectivity index (χ1v) is 4.91. The minimum atomic E-state index is 0. The first-order valence-electron chi connectivity index (χ1n) is 4.91. The standard InChI is InChI=1S/C11H19N.Rf.Rh/c1-8-5-10-6-12(4)7-11(10,3)9(8)2;;/h8H,5-7H2,1-4H3;;/q-2;;. The molecule has 2 rings (SSSR count). The molecule has 1 heterocycles. The molecule has 0 spiro atoms. The summed E-state index contributed by atoms with van der Waals surface area (Å²) in [6.07, 6.45) is 1.34. The first kappa shape index (κ1) is 13.6. The molecule has 1 aliphatic heterocycles. The smallest absolute Gasteiger partial charge is 0 e. The van der Waals surface area contributed by atoms with Crippen LogP contribution in [0.2, 0.25) is 0 Å². The van der Waals surface area contributed by atoms with Gasteiger partial charge in [0.25, 0.3) is 0 Å². The number of fused-ring (bicyclic) bond motifs is 1. The molecule has 2 fully saturated rings. The van der Waals surface area contributed by atoms with E-state index in [0.717, 1.165) is 5.92 Å². The van der Waals surface area contributed by atoms with E-state index in [4.69, 9.17) is 0 Å². The van der Waals surface area contributed by atoms with Gasteiger partial charge in [-0.1, -0.05) is 13.5 Å². The van der Waals surface area contributed by atoms with Crippen LogP contribution >= 0.6 is 0 Å². The largest absolute Gasteiger partial charge is 0.340 e. The summed E-state index contributed by atoms with van der Waals surface area (Å²) in [6.45, 7) is 9.62. The Morgan fingerprint density at radius 1 is 1.43 bits per heavy atom. The fraction of sp³-hybridized carbons (Fsp3) is 0.818. The Hall–Kier alpha value is -0.417. The first-order chi connectivity index (χ1) is 5.54. The number of likely N-dealkylation sites (tertiary alicyclic amines) is 1. The molecule has 81 valence electrons. The van der Waals surface area contributed by atoms with E-state index in [1.165, 1.54) is 19.5 Å². The molecule has 2 unspecified atom stereocenters. The van der Waals surface area contributed by atoms with E-state index in [9.17, 15) is 0 Å². The molecule has 0 aromatic heterocycles. The van der Waals surface area contributed by atoms with Crippen LogP contribution in [0.5, 0.6) is 0 Å². The quantitative estimate of drug-likeness (QED) is 0.340. The normalized spacial score (nSPS) is 39.0. The van der Waals surface area contributed by atoms with Crippen LogP contribution in [0.15, 0.2) is 0 Å². The number of nitrogens with zero attached hydrogens (tertiary/aromatic N) is 1. The van der Waals surface area contributed by atoms with Gasteiger partial charge in [0.15, 0.2) is 0 Å². The van der Waals surface area contributed by atoms with Crippen LogP contribution in [0.4, 0.5) is 0 Å². The molecule has 14 heavy (non-hydrogen) atoms. The molecule has 1 saturated carbocycles. The Morgan fingerprint density at radius 3 is 2.50 bits per heavy atom. The SMILES string of the molecule is C[C-]1C(C)C[C-]2CN(C)CC21C.[Rf].[Rh]. The molecule has 3 heteroatoms. The van der Waals surface area contributed by atoms with E-state index in [0.29, 0.717) is 5.41 Å². The van der Waals surface area contributed by atoms with Crippen molar-refractivity contribution < 1.29 is 19.5 Å². The molecular weight excluding hydrogens is 516 g/mol. The van der Waals surface area contributed by atoms with Crippen LogP contribution in [0.1, 0.15) is 27.2 Å². The third-order valence-corrected chi connectivity index (χ3v) is 3.99. The van der Waals surface area contributed by atoms with Crippen molar-refractivity contribution in [1.29, 1.82) is 0 Å². The van der Waals surface area contributed by atoms with Gasteiger partial charge in [-0.3, -0.25) is 5.41 Å². The summed E-state index contributed by atoms with van der Waals surface area (Å²) in [6, 6.07) is 0. The van der Waals surface area contributed by atoms with E-state index >= 15 is 0 Å². The van der Waals surface area contributed by atoms with Crippen molar-refractivity contribution in [1.82, 2.24) is 4.90 Å². The maximum Gasteiger partial charge on any atom is 0 e. The fourth-order valence-corrected chi connectivity index (χ4v) is 2.97. The zero-order valence-electron chi connectivity index (χ0n) is 9.69. The molecule has 0 aromatic carbocycles. The number of hydrogen-bond donors (Lipinski definition) is 0. The van der Waals surface area contributed by atoms with Gasteiger partial charge >= 0.3 is 0 Å². The summed E-state index contributed by atoms with van der Waals surface area (Å²) < 4.78 is 0. The van der Waals surface area contributed by atoms with Crippen molar-refractivity contribution in [2.24, 2.45) is 11.3 Å². The van der Waals surface area contributed by atoms with Crippen molar-refractivity contribution >= 4 is 0 Å². The Bertz CT molecular complexity index is 200. The zero-order chi connectivity index (χ0) is 8.93. The van der Waals surface area contributed by atoms with E-state index < -0.39 is 0 Å². The van der Waals surface area contributed by atoms with Crippen LogP contribution in [0.3, 0.4) is 0 Å². The molecule has 0 aromatic rings. The van der Waals surface area contributed by atoms with Gasteiger partial charge in [0.2, 0.25) is 0 Å². The van der Waals surface area contributed by atoms with Gasteiger partial charge in [0.05, 0.1) is 0 Å². The Morgan fingerprint density at radius 2 is 2.00 bits per heavy atom. The van der Waals surface area contributed by atoms with Crippen molar-refractivity contribution in [2.75, 3.05) is 20.1 Å². The van der Waals surface area contributed by atoms with Crippen LogP contribution < -0.4 is 0 Å². The molecule has 0 amide bonds. The van der Waals surface area contributed by atoms with Gasteiger partial charge in [-0.2, -0.15) is 12.8 Å². The minimum absolute atomic E-state index is 0. The van der Waals surface area contributed by atoms with Crippen molar-refractivity contribution in [3.05, 3.63) is 11.8 Å². The molecule has 2 aliphatic rings. The topological polar surface area (TPSA) is 3.24 Å². The van der Waals surface area contributed by atoms with E-state index in [1.807, 2.05) is 0 Å². The van der Waals surface area contributed by atoms with Gasteiger partial charge in [0, 0.05) is 19.5 Å². The average molecular weight is 535 g/mol. The maximum atomic E-state index is 2.45. The van der Waals surface area contributed by atoms with Gasteiger partial charge in [-0.05, 0) is 7.05 Å². The second kappa shape index (κ2) is 3.99. The fourth-order valence-electron chi connectivity index (χ4n) is 2.97. The third kappa shape index (κ3) is 1.59. The van der Waals surface area contributed by atoms with Crippen LogP contribution in [-0.2, 0) is 19.5 Å². The Kier molecular flexibility index (Phi) is 3.87. The summed E-state index contributed by atoms with van der Waals surface area (Å²) >= 11 is 0. The van der Waals surface area contributed by atoms with Crippen LogP contribution in [-0.4, -0.2) is 25.0 Å². The monoisotopic (exact) mass is 535 g/mol. The maximum absolute atomic E-state index is 2.45. The summed E-state index contributed by atoms with van der Waals surface area (Å²) in [5.74, 6) is 4.32. The summed E-state index contributed by atoms with van der Waals surface area (Å²) in [4.78, 5) is 2.45. The Balaban J connectivity index is 0.000000845. The molecule has 1 nitrogen and oxygen atoms in total. The van der Waals surface area contributed by atoms with Crippen molar-refractivity contribution in [3.8, 4) is 0 Å². The van der Waals surface area contributed by atoms with Crippen molar-refractivity contribution in [2.45, 2.75) is 27.2 Å². The Labute approximate surface area is 95.0 Å². The van der Waals surface area contributed by atoms with Gasteiger partial charge < -0.3 is 16.7 Å². The molecule has 0 N–H and O–H groups in total. The molecule has 1 aliphatic carbocycles. The van der Waals surface area contributed by atoms with Gasteiger partial charge in [-0.15, -0.1) is 13.5 Å². The molecule has 2 atom stereocenters. The van der Waals surface area contributed by atoms with E-state index in [2.05, 4.69) is 32.7 Å². The zero-order valence-corrected chi connectivity index (χ0v) is 17.7. The second-order valence-electron chi connectivity index (χ2n) is 4.90. The molecule has 0 bridgehead atoms. The summed E-state index contributed by atoms with van der Waals surface area (Å²) in [7, 11) is 2.23. The van der Waals surface area contributed by atoms with Gasteiger partial charge in [-0.25, -0.2) is 6.42 Å². The van der Waals surface area contributed by atoms with Crippen LogP contribution in [0.25, 0.3) is 0 Å². The van der Waals surface area contributed by atoms with E-state index in [1.54, 1.807) is 11.8 Å². The summed E-state index contributed by atoms with van der Waals surface area (Å²) in [5, 5.41) is 0. The number of rotatable bonds is 0. The molecular formula is C11H19NRfRh-2. The predicted octanol–water partition coefficient (Wildman–Crippen LogP) is 2.14. The molecule has 1 radical (unpaired) electrons. The predicted molar refractivity (Wildman–Crippen MR) is 51.5 cm³/mol. The average Bonchev–Trinajstić information content (AvgIpc) is 2.34.